The quantitative estimate of drug-likeness (QED) is 0.359. The number of unbranched alkanes of at least 4 members (excludes halogenated alkanes) is 1. The van der Waals surface area contributed by atoms with Gasteiger partial charge in [-0.25, -0.2) is 4.79 Å². The molecule has 0 heterocycles. The number of hydrogen-bond donors (Lipinski definition) is 2. The van der Waals surface area contributed by atoms with Crippen LogP contribution < -0.4 is 14.8 Å². The van der Waals surface area contributed by atoms with Gasteiger partial charge in [0, 0.05) is 5.39 Å². The molecule has 1 unspecified atom stereocenters. The minimum atomic E-state index is -1.31. The van der Waals surface area contributed by atoms with Crippen LogP contribution in [0.3, 0.4) is 0 Å². The lowest BCUT2D eigenvalue weighted by Crippen LogP contribution is -2.54. The Balaban J connectivity index is 1.85. The second-order valence-electron chi connectivity index (χ2n) is 7.97. The number of hydrogen-bond acceptors (Lipinski definition) is 4. The molecular formula is C27H31NO5. The maximum atomic E-state index is 13.3. The number of aliphatic carboxylic acids is 1. The molecule has 1 atom stereocenters. The van der Waals surface area contributed by atoms with Crippen LogP contribution in [0, 0.1) is 0 Å². The van der Waals surface area contributed by atoms with Crippen molar-refractivity contribution in [3.05, 3.63) is 72.3 Å². The first-order valence-corrected chi connectivity index (χ1v) is 11.4. The summed E-state index contributed by atoms with van der Waals surface area (Å²) in [6, 6.07) is 20.6. The van der Waals surface area contributed by atoms with Crippen molar-refractivity contribution in [3.63, 3.8) is 0 Å². The summed E-state index contributed by atoms with van der Waals surface area (Å²) in [5, 5.41) is 14.4. The summed E-state index contributed by atoms with van der Waals surface area (Å²) < 4.78 is 11.8. The van der Waals surface area contributed by atoms with E-state index in [1.165, 1.54) is 0 Å². The van der Waals surface area contributed by atoms with E-state index in [9.17, 15) is 14.7 Å². The number of fused-ring (bicyclic) bond motifs is 1. The molecular weight excluding hydrogens is 418 g/mol. The largest absolute Gasteiger partial charge is 0.490 e. The summed E-state index contributed by atoms with van der Waals surface area (Å²) in [4.78, 5) is 25.4. The first kappa shape index (κ1) is 24.1. The van der Waals surface area contributed by atoms with Crippen molar-refractivity contribution in [2.45, 2.75) is 45.1 Å². The van der Waals surface area contributed by atoms with Crippen LogP contribution in [0.25, 0.3) is 10.8 Å². The lowest BCUT2D eigenvalue weighted by atomic mass is 9.89. The minimum absolute atomic E-state index is 0.233. The number of amides is 1. The molecule has 2 N–H and O–H groups in total. The van der Waals surface area contributed by atoms with Gasteiger partial charge in [-0.1, -0.05) is 75.2 Å². The topological polar surface area (TPSA) is 84.9 Å². The number of benzene rings is 3. The van der Waals surface area contributed by atoms with Gasteiger partial charge in [-0.2, -0.15) is 0 Å². The van der Waals surface area contributed by atoms with Gasteiger partial charge in [0.25, 0.3) is 5.91 Å². The molecule has 3 rings (SSSR count). The molecule has 0 spiro atoms. The van der Waals surface area contributed by atoms with E-state index in [4.69, 9.17) is 9.47 Å². The van der Waals surface area contributed by atoms with Crippen LogP contribution in [0.2, 0.25) is 0 Å². The number of ether oxygens (including phenoxy) is 2. The Morgan fingerprint density at radius 2 is 1.61 bits per heavy atom. The van der Waals surface area contributed by atoms with E-state index in [-0.39, 0.29) is 6.61 Å². The van der Waals surface area contributed by atoms with Gasteiger partial charge in [0.2, 0.25) is 0 Å². The number of carboxylic acids is 1. The van der Waals surface area contributed by atoms with Gasteiger partial charge in [-0.05, 0) is 36.4 Å². The molecule has 0 radical (unpaired) electrons. The summed E-state index contributed by atoms with van der Waals surface area (Å²) >= 11 is 0. The molecule has 0 saturated heterocycles. The van der Waals surface area contributed by atoms with E-state index >= 15 is 0 Å². The number of carbonyl (C=O) groups excluding carboxylic acids is 1. The fourth-order valence-corrected chi connectivity index (χ4v) is 3.80. The van der Waals surface area contributed by atoms with Crippen LogP contribution in [0.4, 0.5) is 0 Å². The molecule has 0 fully saturated rings. The Kier molecular flexibility index (Phi) is 8.30. The van der Waals surface area contributed by atoms with E-state index in [0.717, 1.165) is 22.9 Å². The summed E-state index contributed by atoms with van der Waals surface area (Å²) in [6.45, 7) is 4.31. The van der Waals surface area contributed by atoms with Crippen LogP contribution >= 0.6 is 0 Å². The monoisotopic (exact) mass is 449 g/mol. The number of carbonyl (C=O) groups is 2. The normalized spacial score (nSPS) is 12.7. The number of para-hydroxylation sites is 1. The minimum Gasteiger partial charge on any atom is -0.490 e. The molecule has 0 bridgehead atoms. The van der Waals surface area contributed by atoms with Crippen LogP contribution in [-0.2, 0) is 4.79 Å². The molecule has 3 aromatic rings. The van der Waals surface area contributed by atoms with Crippen molar-refractivity contribution in [1.82, 2.24) is 5.32 Å². The third-order valence-corrected chi connectivity index (χ3v) is 5.79. The summed E-state index contributed by atoms with van der Waals surface area (Å²) in [5.74, 6) is -0.318. The number of rotatable bonds is 12. The second kappa shape index (κ2) is 11.4. The molecule has 0 saturated carbocycles. The molecule has 1 amide bonds. The number of nitrogens with one attached hydrogen (secondary N) is 1. The van der Waals surface area contributed by atoms with Crippen LogP contribution in [0.15, 0.2) is 66.7 Å². The highest BCUT2D eigenvalue weighted by atomic mass is 16.5. The predicted octanol–water partition coefficient (Wildman–Crippen LogP) is 5.45. The van der Waals surface area contributed by atoms with Crippen molar-refractivity contribution >= 4 is 22.6 Å². The molecule has 6 heteroatoms. The Morgan fingerprint density at radius 3 is 2.30 bits per heavy atom. The molecule has 0 aliphatic heterocycles. The van der Waals surface area contributed by atoms with Crippen molar-refractivity contribution in [2.24, 2.45) is 0 Å². The van der Waals surface area contributed by atoms with Gasteiger partial charge < -0.3 is 19.9 Å². The molecule has 6 nitrogen and oxygen atoms in total. The Bertz CT molecular complexity index is 1080. The van der Waals surface area contributed by atoms with Crippen molar-refractivity contribution in [3.8, 4) is 11.5 Å². The highest BCUT2D eigenvalue weighted by Gasteiger charge is 2.38. The van der Waals surface area contributed by atoms with Gasteiger partial charge in [0.1, 0.15) is 30.3 Å². The molecule has 0 aliphatic rings. The first-order chi connectivity index (χ1) is 16.0. The van der Waals surface area contributed by atoms with E-state index < -0.39 is 17.4 Å². The van der Waals surface area contributed by atoms with Gasteiger partial charge in [0.15, 0.2) is 0 Å². The van der Waals surface area contributed by atoms with Gasteiger partial charge in [-0.15, -0.1) is 0 Å². The standard InChI is InChI=1S/C27H31NO5/c1-3-5-17-27(4-2,26(30)31)28-25(29)23-16-15-20-11-9-10-14-22(20)24(23)33-19-18-32-21-12-7-6-8-13-21/h6-16H,3-5,17-19H2,1-2H3,(H,28,29)(H,30,31). The van der Waals surface area contributed by atoms with E-state index in [1.807, 2.05) is 67.6 Å². The maximum absolute atomic E-state index is 13.3. The number of carboxylic acid groups (broad SMARTS) is 1. The fourth-order valence-electron chi connectivity index (χ4n) is 3.80. The molecule has 174 valence electrons. The lowest BCUT2D eigenvalue weighted by molar-refractivity contribution is -0.145. The Morgan fingerprint density at radius 1 is 0.909 bits per heavy atom. The molecule has 3 aromatic carbocycles. The zero-order valence-corrected chi connectivity index (χ0v) is 19.2. The van der Waals surface area contributed by atoms with E-state index in [0.29, 0.717) is 37.2 Å². The van der Waals surface area contributed by atoms with E-state index in [2.05, 4.69) is 5.32 Å². The first-order valence-electron chi connectivity index (χ1n) is 11.4. The zero-order valence-electron chi connectivity index (χ0n) is 19.2. The molecule has 0 aromatic heterocycles. The van der Waals surface area contributed by atoms with Crippen molar-refractivity contribution in [2.75, 3.05) is 13.2 Å². The maximum Gasteiger partial charge on any atom is 0.329 e. The van der Waals surface area contributed by atoms with Gasteiger partial charge in [0.05, 0.1) is 5.56 Å². The Hall–Kier alpha value is -3.54. The van der Waals surface area contributed by atoms with Crippen LogP contribution in [0.1, 0.15) is 49.9 Å². The summed E-state index contributed by atoms with van der Waals surface area (Å²) in [5.41, 5.74) is -1.00. The lowest BCUT2D eigenvalue weighted by Gasteiger charge is -2.30. The van der Waals surface area contributed by atoms with E-state index in [1.54, 1.807) is 13.0 Å². The van der Waals surface area contributed by atoms with Crippen molar-refractivity contribution in [1.29, 1.82) is 0 Å². The summed E-state index contributed by atoms with van der Waals surface area (Å²) in [6.07, 6.45) is 2.22. The highest BCUT2D eigenvalue weighted by Crippen LogP contribution is 2.31. The molecule has 0 aliphatic carbocycles. The van der Waals surface area contributed by atoms with Crippen LogP contribution in [0.5, 0.6) is 11.5 Å². The Labute approximate surface area is 194 Å². The third-order valence-electron chi connectivity index (χ3n) is 5.79. The van der Waals surface area contributed by atoms with Crippen LogP contribution in [-0.4, -0.2) is 35.7 Å². The van der Waals surface area contributed by atoms with Crippen molar-refractivity contribution < 1.29 is 24.2 Å². The second-order valence-corrected chi connectivity index (χ2v) is 7.97. The average molecular weight is 450 g/mol. The average Bonchev–Trinajstić information content (AvgIpc) is 2.84. The van der Waals surface area contributed by atoms with Gasteiger partial charge >= 0.3 is 5.97 Å². The third kappa shape index (κ3) is 5.83. The SMILES string of the molecule is CCCCC(CC)(NC(=O)c1ccc2ccccc2c1OCCOc1ccccc1)C(=O)O. The molecule has 33 heavy (non-hydrogen) atoms. The smallest absolute Gasteiger partial charge is 0.329 e. The summed E-state index contributed by atoms with van der Waals surface area (Å²) in [7, 11) is 0. The highest BCUT2D eigenvalue weighted by molar-refractivity contribution is 6.05. The van der Waals surface area contributed by atoms with Gasteiger partial charge in [-0.3, -0.25) is 4.79 Å². The zero-order chi connectivity index (χ0) is 23.7. The predicted molar refractivity (Wildman–Crippen MR) is 129 cm³/mol. The fraction of sp³-hybridized carbons (Fsp3) is 0.333.